The van der Waals surface area contributed by atoms with Gasteiger partial charge in [0.05, 0.1) is 5.60 Å². The molecule has 1 aromatic rings. The highest BCUT2D eigenvalue weighted by molar-refractivity contribution is 5.21. The minimum atomic E-state index is -0.790. The minimum Gasteiger partial charge on any atom is -0.384 e. The van der Waals surface area contributed by atoms with Crippen molar-refractivity contribution in [2.24, 2.45) is 0 Å². The quantitative estimate of drug-likeness (QED) is 0.761. The van der Waals surface area contributed by atoms with Crippen LogP contribution in [0.2, 0.25) is 0 Å². The van der Waals surface area contributed by atoms with Gasteiger partial charge in [-0.2, -0.15) is 0 Å². The summed E-state index contributed by atoms with van der Waals surface area (Å²) >= 11 is 0. The molecule has 0 aliphatic rings. The maximum absolute atomic E-state index is 10.4. The summed E-state index contributed by atoms with van der Waals surface area (Å²) in [6.07, 6.45) is 3.63. The minimum absolute atomic E-state index is 0.463. The van der Waals surface area contributed by atoms with E-state index in [1.54, 1.807) is 0 Å². The zero-order valence-electron chi connectivity index (χ0n) is 11.2. The standard InChI is InChI=1S/C15H25NO/c1-4-5-9-13(2)16-12-15(3,17)14-10-7-6-8-11-14/h6-8,10-11,13,16-17H,4-5,9,12H2,1-3H3. The second-order valence-corrected chi connectivity index (χ2v) is 5.06. The molecule has 2 unspecified atom stereocenters. The molecule has 96 valence electrons. The molecule has 0 radical (unpaired) electrons. The van der Waals surface area contributed by atoms with Crippen LogP contribution in [0.3, 0.4) is 0 Å². The smallest absolute Gasteiger partial charge is 0.0992 e. The van der Waals surface area contributed by atoms with Crippen LogP contribution in [0.5, 0.6) is 0 Å². The van der Waals surface area contributed by atoms with E-state index >= 15 is 0 Å². The Kier molecular flexibility index (Phi) is 5.66. The third kappa shape index (κ3) is 4.88. The maximum Gasteiger partial charge on any atom is 0.0992 e. The second kappa shape index (κ2) is 6.77. The van der Waals surface area contributed by atoms with Crippen LogP contribution < -0.4 is 5.32 Å². The summed E-state index contributed by atoms with van der Waals surface area (Å²) in [5.74, 6) is 0. The van der Waals surface area contributed by atoms with Gasteiger partial charge in [-0.1, -0.05) is 50.1 Å². The topological polar surface area (TPSA) is 32.3 Å². The van der Waals surface area contributed by atoms with E-state index in [1.807, 2.05) is 37.3 Å². The molecule has 1 rings (SSSR count). The summed E-state index contributed by atoms with van der Waals surface area (Å²) in [4.78, 5) is 0. The van der Waals surface area contributed by atoms with E-state index in [0.29, 0.717) is 12.6 Å². The van der Waals surface area contributed by atoms with Crippen molar-refractivity contribution in [3.05, 3.63) is 35.9 Å². The highest BCUT2D eigenvalue weighted by Crippen LogP contribution is 2.19. The van der Waals surface area contributed by atoms with Crippen molar-refractivity contribution < 1.29 is 5.11 Å². The number of aliphatic hydroxyl groups is 1. The number of unbranched alkanes of at least 4 members (excludes halogenated alkanes) is 1. The fourth-order valence-corrected chi connectivity index (χ4v) is 1.88. The highest BCUT2D eigenvalue weighted by atomic mass is 16.3. The van der Waals surface area contributed by atoms with E-state index in [2.05, 4.69) is 19.2 Å². The molecule has 1 aromatic carbocycles. The average Bonchev–Trinajstić information content (AvgIpc) is 2.35. The van der Waals surface area contributed by atoms with Crippen molar-refractivity contribution in [2.45, 2.75) is 51.7 Å². The molecule has 2 nitrogen and oxygen atoms in total. The van der Waals surface area contributed by atoms with E-state index in [1.165, 1.54) is 19.3 Å². The number of hydrogen-bond acceptors (Lipinski definition) is 2. The van der Waals surface area contributed by atoms with Crippen LogP contribution in [0.15, 0.2) is 30.3 Å². The van der Waals surface area contributed by atoms with Gasteiger partial charge in [0, 0.05) is 12.6 Å². The van der Waals surface area contributed by atoms with Gasteiger partial charge in [-0.3, -0.25) is 0 Å². The Bertz CT molecular complexity index is 308. The van der Waals surface area contributed by atoms with E-state index in [4.69, 9.17) is 0 Å². The van der Waals surface area contributed by atoms with Crippen LogP contribution in [0.4, 0.5) is 0 Å². The first-order chi connectivity index (χ1) is 8.06. The summed E-state index contributed by atoms with van der Waals surface area (Å²) in [6, 6.07) is 10.3. The lowest BCUT2D eigenvalue weighted by Crippen LogP contribution is -2.39. The summed E-state index contributed by atoms with van der Waals surface area (Å²) in [5, 5.41) is 13.8. The molecular weight excluding hydrogens is 210 g/mol. The molecule has 2 heteroatoms. The lowest BCUT2D eigenvalue weighted by Gasteiger charge is -2.26. The molecule has 0 aliphatic carbocycles. The van der Waals surface area contributed by atoms with Gasteiger partial charge >= 0.3 is 0 Å². The molecule has 0 aliphatic heterocycles. The average molecular weight is 235 g/mol. The number of rotatable bonds is 7. The Labute approximate surface area is 105 Å². The molecule has 0 heterocycles. The number of nitrogens with one attached hydrogen (secondary N) is 1. The van der Waals surface area contributed by atoms with E-state index < -0.39 is 5.60 Å². The van der Waals surface area contributed by atoms with Crippen molar-refractivity contribution in [1.29, 1.82) is 0 Å². The second-order valence-electron chi connectivity index (χ2n) is 5.06. The molecule has 2 N–H and O–H groups in total. The van der Waals surface area contributed by atoms with Gasteiger partial charge in [0.25, 0.3) is 0 Å². The van der Waals surface area contributed by atoms with Crippen molar-refractivity contribution in [2.75, 3.05) is 6.54 Å². The Morgan fingerprint density at radius 1 is 1.29 bits per heavy atom. The SMILES string of the molecule is CCCCC(C)NCC(C)(O)c1ccccc1. The van der Waals surface area contributed by atoms with Gasteiger partial charge in [0.1, 0.15) is 0 Å². The predicted octanol–water partition coefficient (Wildman–Crippen LogP) is 3.06. The van der Waals surface area contributed by atoms with E-state index in [-0.39, 0.29) is 0 Å². The van der Waals surface area contributed by atoms with Crippen LogP contribution >= 0.6 is 0 Å². The van der Waals surface area contributed by atoms with Crippen LogP contribution in [0, 0.1) is 0 Å². The Morgan fingerprint density at radius 2 is 1.94 bits per heavy atom. The fourth-order valence-electron chi connectivity index (χ4n) is 1.88. The first-order valence-corrected chi connectivity index (χ1v) is 6.57. The molecule has 0 amide bonds. The summed E-state index contributed by atoms with van der Waals surface area (Å²) in [7, 11) is 0. The van der Waals surface area contributed by atoms with Crippen molar-refractivity contribution in [3.8, 4) is 0 Å². The van der Waals surface area contributed by atoms with Gasteiger partial charge in [-0.15, -0.1) is 0 Å². The van der Waals surface area contributed by atoms with Gasteiger partial charge in [-0.05, 0) is 25.8 Å². The Morgan fingerprint density at radius 3 is 2.53 bits per heavy atom. The zero-order valence-corrected chi connectivity index (χ0v) is 11.2. The summed E-state index contributed by atoms with van der Waals surface area (Å²) < 4.78 is 0. The van der Waals surface area contributed by atoms with Crippen LogP contribution in [0.25, 0.3) is 0 Å². The number of benzene rings is 1. The third-order valence-corrected chi connectivity index (χ3v) is 3.18. The lowest BCUT2D eigenvalue weighted by atomic mass is 9.95. The van der Waals surface area contributed by atoms with E-state index in [0.717, 1.165) is 5.56 Å². The lowest BCUT2D eigenvalue weighted by molar-refractivity contribution is 0.0540. The maximum atomic E-state index is 10.4. The van der Waals surface area contributed by atoms with Crippen molar-refractivity contribution in [3.63, 3.8) is 0 Å². The van der Waals surface area contributed by atoms with Crippen LogP contribution in [0.1, 0.15) is 45.6 Å². The summed E-state index contributed by atoms with van der Waals surface area (Å²) in [6.45, 7) is 6.84. The molecule has 2 atom stereocenters. The normalized spacial score (nSPS) is 16.5. The predicted molar refractivity (Wildman–Crippen MR) is 73.0 cm³/mol. The van der Waals surface area contributed by atoms with Crippen molar-refractivity contribution >= 4 is 0 Å². The monoisotopic (exact) mass is 235 g/mol. The summed E-state index contributed by atoms with van der Waals surface area (Å²) in [5.41, 5.74) is 0.178. The molecule has 0 saturated heterocycles. The van der Waals surface area contributed by atoms with Gasteiger partial charge in [-0.25, -0.2) is 0 Å². The van der Waals surface area contributed by atoms with Gasteiger partial charge in [0.2, 0.25) is 0 Å². The molecular formula is C15H25NO. The van der Waals surface area contributed by atoms with Gasteiger partial charge in [0.15, 0.2) is 0 Å². The molecule has 0 bridgehead atoms. The highest BCUT2D eigenvalue weighted by Gasteiger charge is 2.22. The largest absolute Gasteiger partial charge is 0.384 e. The molecule has 0 aromatic heterocycles. The Hall–Kier alpha value is -0.860. The number of hydrogen-bond donors (Lipinski definition) is 2. The first-order valence-electron chi connectivity index (χ1n) is 6.57. The molecule has 0 saturated carbocycles. The first kappa shape index (κ1) is 14.2. The zero-order chi connectivity index (χ0) is 12.7. The van der Waals surface area contributed by atoms with Crippen molar-refractivity contribution in [1.82, 2.24) is 5.32 Å². The molecule has 0 fully saturated rings. The van der Waals surface area contributed by atoms with Crippen LogP contribution in [-0.2, 0) is 5.60 Å². The third-order valence-electron chi connectivity index (χ3n) is 3.18. The fraction of sp³-hybridized carbons (Fsp3) is 0.600. The van der Waals surface area contributed by atoms with Crippen LogP contribution in [-0.4, -0.2) is 17.7 Å². The Balaban J connectivity index is 2.45. The van der Waals surface area contributed by atoms with E-state index in [9.17, 15) is 5.11 Å². The van der Waals surface area contributed by atoms with Gasteiger partial charge < -0.3 is 10.4 Å². The molecule has 0 spiro atoms. The molecule has 17 heavy (non-hydrogen) atoms.